The monoisotopic (exact) mass is 386 g/mol. The molecule has 1 saturated heterocycles. The van der Waals surface area contributed by atoms with Gasteiger partial charge in [-0.25, -0.2) is 9.37 Å². The van der Waals surface area contributed by atoms with E-state index in [2.05, 4.69) is 15.3 Å². The molecule has 0 unspecified atom stereocenters. The first-order valence-electron chi connectivity index (χ1n) is 9.97. The summed E-state index contributed by atoms with van der Waals surface area (Å²) in [5.74, 6) is 0.866. The van der Waals surface area contributed by atoms with Crippen LogP contribution in [0.1, 0.15) is 49.9 Å². The zero-order valence-electron chi connectivity index (χ0n) is 16.4. The Labute approximate surface area is 164 Å². The molecule has 3 heterocycles. The van der Waals surface area contributed by atoms with E-state index in [0.29, 0.717) is 18.7 Å². The molecule has 150 valence electrons. The summed E-state index contributed by atoms with van der Waals surface area (Å²) in [7, 11) is 0. The van der Waals surface area contributed by atoms with Crippen LogP contribution in [0.3, 0.4) is 0 Å². The molecule has 0 radical (unpaired) electrons. The second kappa shape index (κ2) is 7.28. The van der Waals surface area contributed by atoms with Crippen molar-refractivity contribution in [2.45, 2.75) is 57.3 Å². The number of aliphatic hydroxyl groups is 1. The number of fused-ring (bicyclic) bond motifs is 1. The fourth-order valence-electron chi connectivity index (χ4n) is 4.13. The molecule has 2 fully saturated rings. The maximum atomic E-state index is 13.0. The van der Waals surface area contributed by atoms with E-state index < -0.39 is 11.8 Å². The minimum atomic E-state index is -0.782. The van der Waals surface area contributed by atoms with Crippen LogP contribution in [0.5, 0.6) is 0 Å². The van der Waals surface area contributed by atoms with Gasteiger partial charge < -0.3 is 15.3 Å². The SMILES string of the molecule is CC(C)(O)C1CCC(NC(=O)c2cnc3cc(N4CC(F)C4)ncc3c2)CC1. The van der Waals surface area contributed by atoms with Crippen molar-refractivity contribution in [3.05, 3.63) is 30.1 Å². The molecule has 0 atom stereocenters. The van der Waals surface area contributed by atoms with Crippen molar-refractivity contribution in [2.24, 2.45) is 5.92 Å². The van der Waals surface area contributed by atoms with Gasteiger partial charge in [-0.15, -0.1) is 0 Å². The molecule has 6 nitrogen and oxygen atoms in total. The van der Waals surface area contributed by atoms with Crippen molar-refractivity contribution in [3.63, 3.8) is 0 Å². The van der Waals surface area contributed by atoms with Gasteiger partial charge in [0.15, 0.2) is 0 Å². The average Bonchev–Trinajstić information content (AvgIpc) is 2.64. The number of amides is 1. The number of nitrogens with one attached hydrogen (secondary N) is 1. The maximum Gasteiger partial charge on any atom is 0.253 e. The molecular formula is C21H27FN4O2. The Balaban J connectivity index is 1.40. The minimum absolute atomic E-state index is 0.127. The summed E-state index contributed by atoms with van der Waals surface area (Å²) in [5, 5.41) is 14.0. The molecule has 2 aromatic rings. The van der Waals surface area contributed by atoms with Crippen molar-refractivity contribution < 1.29 is 14.3 Å². The first-order chi connectivity index (χ1) is 13.3. The molecule has 2 aliphatic rings. The number of hydrogen-bond acceptors (Lipinski definition) is 5. The summed E-state index contributed by atoms with van der Waals surface area (Å²) >= 11 is 0. The van der Waals surface area contributed by atoms with Crippen molar-refractivity contribution in [2.75, 3.05) is 18.0 Å². The number of hydrogen-bond donors (Lipinski definition) is 2. The Kier molecular flexibility index (Phi) is 4.95. The first kappa shape index (κ1) is 19.1. The Hall–Kier alpha value is -2.28. The van der Waals surface area contributed by atoms with E-state index in [4.69, 9.17) is 0 Å². The second-order valence-corrected chi connectivity index (χ2v) is 8.64. The highest BCUT2D eigenvalue weighted by Gasteiger charge is 2.32. The number of pyridine rings is 2. The number of aromatic nitrogens is 2. The van der Waals surface area contributed by atoms with Gasteiger partial charge in [-0.05, 0) is 51.5 Å². The quantitative estimate of drug-likeness (QED) is 0.845. The van der Waals surface area contributed by atoms with Crippen LogP contribution in [0.15, 0.2) is 24.5 Å². The third-order valence-electron chi connectivity index (χ3n) is 6.04. The highest BCUT2D eigenvalue weighted by Crippen LogP contribution is 2.32. The molecular weight excluding hydrogens is 359 g/mol. The molecule has 2 aromatic heterocycles. The highest BCUT2D eigenvalue weighted by atomic mass is 19.1. The number of alkyl halides is 1. The lowest BCUT2D eigenvalue weighted by Gasteiger charge is -2.36. The van der Waals surface area contributed by atoms with Gasteiger partial charge in [0, 0.05) is 29.9 Å². The molecule has 28 heavy (non-hydrogen) atoms. The Morgan fingerprint density at radius 3 is 2.54 bits per heavy atom. The zero-order valence-corrected chi connectivity index (χ0v) is 16.4. The van der Waals surface area contributed by atoms with Gasteiger partial charge in [0.2, 0.25) is 0 Å². The Bertz CT molecular complexity index is 868. The van der Waals surface area contributed by atoms with Gasteiger partial charge in [0.25, 0.3) is 5.91 Å². The van der Waals surface area contributed by atoms with Crippen LogP contribution in [0.2, 0.25) is 0 Å². The van der Waals surface area contributed by atoms with E-state index in [1.54, 1.807) is 18.5 Å². The maximum absolute atomic E-state index is 13.0. The molecule has 0 bridgehead atoms. The summed E-state index contributed by atoms with van der Waals surface area (Å²) in [6.45, 7) is 4.45. The molecule has 1 aliphatic carbocycles. The lowest BCUT2D eigenvalue weighted by molar-refractivity contribution is -0.00257. The fourth-order valence-corrected chi connectivity index (χ4v) is 4.13. The van der Waals surface area contributed by atoms with Crippen molar-refractivity contribution in [1.29, 1.82) is 0 Å². The first-order valence-corrected chi connectivity index (χ1v) is 9.97. The van der Waals surface area contributed by atoms with Crippen LogP contribution in [-0.4, -0.2) is 51.9 Å². The third kappa shape index (κ3) is 3.94. The summed E-state index contributed by atoms with van der Waals surface area (Å²) in [4.78, 5) is 23.3. The van der Waals surface area contributed by atoms with Gasteiger partial charge in [-0.2, -0.15) is 0 Å². The molecule has 4 rings (SSSR count). The summed E-state index contributed by atoms with van der Waals surface area (Å²) in [6.07, 6.45) is 6.05. The lowest BCUT2D eigenvalue weighted by atomic mass is 9.77. The van der Waals surface area contributed by atoms with Crippen molar-refractivity contribution >= 4 is 22.6 Å². The molecule has 7 heteroatoms. The summed E-state index contributed by atoms with van der Waals surface area (Å²) in [5.41, 5.74) is 0.596. The number of anilines is 1. The average molecular weight is 386 g/mol. The minimum Gasteiger partial charge on any atom is -0.390 e. The Morgan fingerprint density at radius 2 is 1.89 bits per heavy atom. The van der Waals surface area contributed by atoms with Crippen LogP contribution in [0, 0.1) is 5.92 Å². The van der Waals surface area contributed by atoms with Crippen LogP contribution in [0.25, 0.3) is 10.9 Å². The number of nitrogens with zero attached hydrogens (tertiary/aromatic N) is 3. The van der Waals surface area contributed by atoms with Crippen LogP contribution >= 0.6 is 0 Å². The van der Waals surface area contributed by atoms with Crippen molar-refractivity contribution in [1.82, 2.24) is 15.3 Å². The van der Waals surface area contributed by atoms with Gasteiger partial charge in [0.05, 0.1) is 29.8 Å². The number of carbonyl (C=O) groups excluding carboxylic acids is 1. The van der Waals surface area contributed by atoms with E-state index in [-0.39, 0.29) is 17.9 Å². The van der Waals surface area contributed by atoms with E-state index in [0.717, 1.165) is 42.4 Å². The van der Waals surface area contributed by atoms with Crippen molar-refractivity contribution in [3.8, 4) is 0 Å². The largest absolute Gasteiger partial charge is 0.390 e. The molecule has 0 spiro atoms. The van der Waals surface area contributed by atoms with Gasteiger partial charge in [0.1, 0.15) is 12.0 Å². The molecule has 1 saturated carbocycles. The smallest absolute Gasteiger partial charge is 0.253 e. The molecule has 0 aromatic carbocycles. The van der Waals surface area contributed by atoms with Crippen LogP contribution in [0.4, 0.5) is 10.2 Å². The zero-order chi connectivity index (χ0) is 19.9. The summed E-state index contributed by atoms with van der Waals surface area (Å²) < 4.78 is 13.0. The number of rotatable bonds is 4. The predicted molar refractivity (Wildman–Crippen MR) is 106 cm³/mol. The topological polar surface area (TPSA) is 78.3 Å². The second-order valence-electron chi connectivity index (χ2n) is 8.64. The van der Waals surface area contributed by atoms with Gasteiger partial charge in [-0.3, -0.25) is 9.78 Å². The number of carbonyl (C=O) groups is 1. The van der Waals surface area contributed by atoms with E-state index in [1.807, 2.05) is 24.8 Å². The third-order valence-corrected chi connectivity index (χ3v) is 6.04. The van der Waals surface area contributed by atoms with E-state index in [9.17, 15) is 14.3 Å². The predicted octanol–water partition coefficient (Wildman–Crippen LogP) is 2.85. The molecule has 2 N–H and O–H groups in total. The molecule has 1 aliphatic heterocycles. The highest BCUT2D eigenvalue weighted by molar-refractivity contribution is 5.97. The van der Waals surface area contributed by atoms with Crippen LogP contribution < -0.4 is 10.2 Å². The van der Waals surface area contributed by atoms with Gasteiger partial charge in [-0.1, -0.05) is 0 Å². The van der Waals surface area contributed by atoms with Gasteiger partial charge >= 0.3 is 0 Å². The lowest BCUT2D eigenvalue weighted by Crippen LogP contribution is -2.48. The number of halogens is 1. The fraction of sp³-hybridized carbons (Fsp3) is 0.571. The van der Waals surface area contributed by atoms with E-state index in [1.165, 1.54) is 0 Å². The Morgan fingerprint density at radius 1 is 1.18 bits per heavy atom. The standard InChI is InChI=1S/C21H27FN4O2/c1-21(2,28)15-3-5-17(6-4-15)25-20(27)14-7-13-9-24-19(8-18(13)23-10-14)26-11-16(22)12-26/h7-10,15-17,28H,3-6,11-12H2,1-2H3,(H,25,27). The molecule has 1 amide bonds. The van der Waals surface area contributed by atoms with E-state index >= 15 is 0 Å². The summed E-state index contributed by atoms with van der Waals surface area (Å²) in [6, 6.07) is 3.76. The normalized spacial score (nSPS) is 23.5. The van der Waals surface area contributed by atoms with Crippen LogP contribution in [-0.2, 0) is 0 Å².